The molecular formula is C10H16N4O3. The van der Waals surface area contributed by atoms with Crippen LogP contribution in [0.2, 0.25) is 0 Å². The van der Waals surface area contributed by atoms with Crippen LogP contribution < -0.4 is 16.0 Å². The molecule has 0 aromatic carbocycles. The topological polar surface area (TPSA) is 90.5 Å². The van der Waals surface area contributed by atoms with Crippen molar-refractivity contribution in [1.29, 1.82) is 0 Å². The molecule has 2 fully saturated rings. The lowest BCUT2D eigenvalue weighted by atomic mass is 10.0. The Kier molecular flexibility index (Phi) is 3.70. The zero-order valence-electron chi connectivity index (χ0n) is 9.44. The average molecular weight is 240 g/mol. The van der Waals surface area contributed by atoms with Crippen molar-refractivity contribution in [3.05, 3.63) is 0 Å². The quantitative estimate of drug-likeness (QED) is 0.393. The molecule has 0 spiro atoms. The van der Waals surface area contributed by atoms with Crippen LogP contribution in [0.5, 0.6) is 0 Å². The third-order valence-corrected chi connectivity index (χ3v) is 3.15. The Morgan fingerprint density at radius 2 is 2.06 bits per heavy atom. The van der Waals surface area contributed by atoms with Gasteiger partial charge in [0.15, 0.2) is 0 Å². The molecule has 3 N–H and O–H groups in total. The number of carbonyl (C=O) groups excluding carboxylic acids is 3. The van der Waals surface area contributed by atoms with Crippen LogP contribution in [0.1, 0.15) is 6.42 Å². The van der Waals surface area contributed by atoms with Crippen LogP contribution in [-0.2, 0) is 9.59 Å². The van der Waals surface area contributed by atoms with Crippen molar-refractivity contribution in [3.63, 3.8) is 0 Å². The Morgan fingerprint density at radius 3 is 2.59 bits per heavy atom. The van der Waals surface area contributed by atoms with Gasteiger partial charge in [-0.3, -0.25) is 15.0 Å². The first-order valence-corrected chi connectivity index (χ1v) is 5.72. The van der Waals surface area contributed by atoms with Crippen molar-refractivity contribution in [1.82, 2.24) is 20.9 Å². The maximum Gasteiger partial charge on any atom is 0.322 e. The van der Waals surface area contributed by atoms with Crippen molar-refractivity contribution in [2.24, 2.45) is 0 Å². The molecule has 2 atom stereocenters. The van der Waals surface area contributed by atoms with E-state index in [-0.39, 0.29) is 18.4 Å². The van der Waals surface area contributed by atoms with Gasteiger partial charge in [-0.2, -0.15) is 0 Å². The third-order valence-electron chi connectivity index (χ3n) is 3.15. The lowest BCUT2D eigenvalue weighted by molar-refractivity contribution is -0.122. The second kappa shape index (κ2) is 5.24. The molecule has 0 saturated carbocycles. The first-order valence-electron chi connectivity index (χ1n) is 5.72. The predicted octanol–water partition coefficient (Wildman–Crippen LogP) is -1.94. The van der Waals surface area contributed by atoms with Gasteiger partial charge < -0.3 is 15.4 Å². The highest BCUT2D eigenvalue weighted by Crippen LogP contribution is 2.12. The van der Waals surface area contributed by atoms with E-state index in [1.54, 1.807) is 0 Å². The van der Waals surface area contributed by atoms with Gasteiger partial charge in [-0.05, 0) is 0 Å². The van der Waals surface area contributed by atoms with E-state index in [1.165, 1.54) is 0 Å². The van der Waals surface area contributed by atoms with Crippen LogP contribution in [0.15, 0.2) is 0 Å². The van der Waals surface area contributed by atoms with Crippen molar-refractivity contribution >= 4 is 18.2 Å². The number of imide groups is 1. The predicted molar refractivity (Wildman–Crippen MR) is 59.4 cm³/mol. The molecule has 3 amide bonds. The highest BCUT2D eigenvalue weighted by Gasteiger charge is 2.39. The zero-order valence-corrected chi connectivity index (χ0v) is 9.44. The number of urea groups is 1. The molecule has 2 unspecified atom stereocenters. The molecule has 2 saturated heterocycles. The molecule has 0 aromatic heterocycles. The van der Waals surface area contributed by atoms with E-state index in [4.69, 9.17) is 0 Å². The van der Waals surface area contributed by atoms with Gasteiger partial charge in [-0.1, -0.05) is 0 Å². The number of hydrogen-bond donors (Lipinski definition) is 3. The summed E-state index contributed by atoms with van der Waals surface area (Å²) in [6.07, 6.45) is 1.04. The van der Waals surface area contributed by atoms with E-state index in [0.717, 1.165) is 32.5 Å². The molecule has 7 nitrogen and oxygen atoms in total. The Balaban J connectivity index is 2.07. The number of hydrogen-bond acceptors (Lipinski definition) is 5. The Morgan fingerprint density at radius 1 is 1.35 bits per heavy atom. The average Bonchev–Trinajstić information content (AvgIpc) is 2.66. The summed E-state index contributed by atoms with van der Waals surface area (Å²) < 4.78 is 0. The molecule has 0 bridgehead atoms. The van der Waals surface area contributed by atoms with Gasteiger partial charge in [0.25, 0.3) is 5.91 Å². The summed E-state index contributed by atoms with van der Waals surface area (Å²) in [6.45, 7) is 3.21. The third kappa shape index (κ3) is 2.62. The minimum absolute atomic E-state index is 0.248. The summed E-state index contributed by atoms with van der Waals surface area (Å²) in [7, 11) is 0. The maximum absolute atomic E-state index is 11.6. The lowest BCUT2D eigenvalue weighted by Gasteiger charge is -2.36. The number of piperazine rings is 1. The molecule has 2 aliphatic heterocycles. The fourth-order valence-corrected chi connectivity index (χ4v) is 2.31. The van der Waals surface area contributed by atoms with E-state index in [2.05, 4.69) is 20.9 Å². The Bertz CT molecular complexity index is 328. The molecule has 7 heteroatoms. The Hall–Kier alpha value is -1.47. The molecule has 2 heterocycles. The fourth-order valence-electron chi connectivity index (χ4n) is 2.31. The second-order valence-electron chi connectivity index (χ2n) is 4.20. The number of amides is 3. The van der Waals surface area contributed by atoms with Crippen LogP contribution >= 0.6 is 0 Å². The highest BCUT2D eigenvalue weighted by molar-refractivity contribution is 6.04. The molecule has 2 aliphatic rings. The number of rotatable bonds is 4. The smallest absolute Gasteiger partial charge is 0.322 e. The van der Waals surface area contributed by atoms with Gasteiger partial charge in [0.2, 0.25) is 0 Å². The zero-order chi connectivity index (χ0) is 12.3. The first-order chi connectivity index (χ1) is 8.22. The van der Waals surface area contributed by atoms with Crippen LogP contribution in [0, 0.1) is 0 Å². The summed E-state index contributed by atoms with van der Waals surface area (Å²) in [6, 6.07) is -1.35. The number of nitrogens with one attached hydrogen (secondary N) is 3. The maximum atomic E-state index is 11.6. The number of carbonyl (C=O) groups is 3. The van der Waals surface area contributed by atoms with Crippen molar-refractivity contribution < 1.29 is 14.4 Å². The van der Waals surface area contributed by atoms with E-state index in [9.17, 15) is 14.4 Å². The van der Waals surface area contributed by atoms with Crippen molar-refractivity contribution in [2.75, 3.05) is 26.2 Å². The first kappa shape index (κ1) is 12.0. The van der Waals surface area contributed by atoms with Crippen LogP contribution in [0.4, 0.5) is 4.79 Å². The van der Waals surface area contributed by atoms with E-state index >= 15 is 0 Å². The number of nitrogens with zero attached hydrogens (tertiary/aromatic N) is 1. The van der Waals surface area contributed by atoms with Crippen molar-refractivity contribution in [3.8, 4) is 0 Å². The largest absolute Gasteiger partial charge is 0.324 e. The molecule has 0 aromatic rings. The Labute approximate surface area is 98.9 Å². The molecule has 94 valence electrons. The molecule has 0 aliphatic carbocycles. The lowest BCUT2D eigenvalue weighted by Crippen LogP contribution is -2.56. The normalized spacial score (nSPS) is 27.4. The molecular weight excluding hydrogens is 224 g/mol. The molecule has 0 radical (unpaired) electrons. The van der Waals surface area contributed by atoms with Crippen molar-refractivity contribution in [2.45, 2.75) is 18.5 Å². The fraction of sp³-hybridized carbons (Fsp3) is 0.700. The molecule has 17 heavy (non-hydrogen) atoms. The van der Waals surface area contributed by atoms with Gasteiger partial charge in [-0.15, -0.1) is 0 Å². The van der Waals surface area contributed by atoms with E-state index in [0.29, 0.717) is 0 Å². The summed E-state index contributed by atoms with van der Waals surface area (Å²) in [5, 5.41) is 7.97. The second-order valence-corrected chi connectivity index (χ2v) is 4.20. The standard InChI is InChI=1S/C10H16N4O3/c15-6-1-7(14-4-2-11-3-5-14)8-9(16)13-10(17)12-8/h6-8,11H,1-5H2,(H2,12,13,16,17). The van der Waals surface area contributed by atoms with Crippen LogP contribution in [0.3, 0.4) is 0 Å². The van der Waals surface area contributed by atoms with E-state index in [1.807, 2.05) is 0 Å². The minimum atomic E-state index is -0.620. The van der Waals surface area contributed by atoms with Gasteiger partial charge in [0, 0.05) is 38.6 Å². The summed E-state index contributed by atoms with van der Waals surface area (Å²) >= 11 is 0. The summed E-state index contributed by atoms with van der Waals surface area (Å²) in [4.78, 5) is 35.5. The summed E-state index contributed by atoms with van der Waals surface area (Å²) in [5.74, 6) is -0.347. The van der Waals surface area contributed by atoms with Gasteiger partial charge >= 0.3 is 6.03 Å². The summed E-state index contributed by atoms with van der Waals surface area (Å²) in [5.41, 5.74) is 0. The van der Waals surface area contributed by atoms with Gasteiger partial charge in [-0.25, -0.2) is 4.79 Å². The highest BCUT2D eigenvalue weighted by atomic mass is 16.2. The minimum Gasteiger partial charge on any atom is -0.324 e. The van der Waals surface area contributed by atoms with Crippen LogP contribution in [0.25, 0.3) is 0 Å². The van der Waals surface area contributed by atoms with Gasteiger partial charge in [0.1, 0.15) is 12.3 Å². The molecule has 2 rings (SSSR count). The SMILES string of the molecule is O=CCC(C1NC(=O)NC1=O)N1CCNCC1. The monoisotopic (exact) mass is 240 g/mol. The van der Waals surface area contributed by atoms with Gasteiger partial charge in [0.05, 0.1) is 0 Å². The van der Waals surface area contributed by atoms with Crippen LogP contribution in [-0.4, -0.2) is 61.4 Å². The van der Waals surface area contributed by atoms with E-state index < -0.39 is 12.1 Å². The number of aldehydes is 1.